The van der Waals surface area contributed by atoms with Crippen LogP contribution in [-0.4, -0.2) is 26.0 Å². The van der Waals surface area contributed by atoms with E-state index in [1.165, 1.54) is 12.1 Å². The number of carboxylic acids is 1. The van der Waals surface area contributed by atoms with Crippen molar-refractivity contribution in [2.24, 2.45) is 0 Å². The van der Waals surface area contributed by atoms with Crippen LogP contribution in [0.2, 0.25) is 0 Å². The summed E-state index contributed by atoms with van der Waals surface area (Å²) >= 11 is 0. The molecule has 0 aliphatic carbocycles. The molecule has 2 heterocycles. The monoisotopic (exact) mass is 352 g/mol. The van der Waals surface area contributed by atoms with Crippen molar-refractivity contribution < 1.29 is 14.3 Å². The van der Waals surface area contributed by atoms with Gasteiger partial charge in [-0.25, -0.2) is 19.2 Å². The maximum Gasteiger partial charge on any atom is 0.338 e. The van der Waals surface area contributed by atoms with Crippen LogP contribution in [0.15, 0.2) is 36.5 Å². The molecule has 0 saturated carbocycles. The number of nitrogens with two attached hydrogens (primary N) is 1. The fourth-order valence-corrected chi connectivity index (χ4v) is 2.75. The van der Waals surface area contributed by atoms with Crippen molar-refractivity contribution in [3.63, 3.8) is 0 Å². The van der Waals surface area contributed by atoms with E-state index in [1.54, 1.807) is 6.20 Å². The van der Waals surface area contributed by atoms with E-state index in [2.05, 4.69) is 15.0 Å². The standard InChI is InChI=1S/C19H17FN4O2/c1-3-15-16(12-5-4-10(2)22-9-12)17(24-19(21)23-15)11-6-7-13(18(25)26)14(20)8-11/h4-9H,3H2,1-2H3,(H,25,26)(H2,21,23,24). The van der Waals surface area contributed by atoms with E-state index in [0.29, 0.717) is 28.9 Å². The van der Waals surface area contributed by atoms with Crippen LogP contribution < -0.4 is 5.73 Å². The normalized spacial score (nSPS) is 10.7. The van der Waals surface area contributed by atoms with Gasteiger partial charge < -0.3 is 10.8 Å². The molecule has 2 aromatic heterocycles. The molecule has 0 spiro atoms. The lowest BCUT2D eigenvalue weighted by Gasteiger charge is -2.14. The zero-order chi connectivity index (χ0) is 18.8. The predicted molar refractivity (Wildman–Crippen MR) is 96.1 cm³/mol. The summed E-state index contributed by atoms with van der Waals surface area (Å²) in [5.41, 5.74) is 9.36. The van der Waals surface area contributed by atoms with Crippen molar-refractivity contribution in [1.82, 2.24) is 15.0 Å². The molecule has 7 heteroatoms. The average Bonchev–Trinajstić information content (AvgIpc) is 2.61. The number of carboxylic acid groups (broad SMARTS) is 1. The minimum atomic E-state index is -1.33. The first-order chi connectivity index (χ1) is 12.4. The fraction of sp³-hybridized carbons (Fsp3) is 0.158. The number of aryl methyl sites for hydroxylation is 2. The quantitative estimate of drug-likeness (QED) is 0.745. The van der Waals surface area contributed by atoms with Crippen LogP contribution in [0, 0.1) is 12.7 Å². The number of aromatic nitrogens is 3. The predicted octanol–water partition coefficient (Wildman–Crippen LogP) is 3.50. The van der Waals surface area contributed by atoms with Gasteiger partial charge >= 0.3 is 5.97 Å². The van der Waals surface area contributed by atoms with Gasteiger partial charge in [0.15, 0.2) is 0 Å². The van der Waals surface area contributed by atoms with Crippen LogP contribution in [0.1, 0.15) is 28.7 Å². The number of hydrogen-bond acceptors (Lipinski definition) is 5. The summed E-state index contributed by atoms with van der Waals surface area (Å²) in [6.45, 7) is 3.82. The summed E-state index contributed by atoms with van der Waals surface area (Å²) in [4.78, 5) is 23.9. The van der Waals surface area contributed by atoms with E-state index in [0.717, 1.165) is 17.3 Å². The van der Waals surface area contributed by atoms with Gasteiger partial charge in [0.25, 0.3) is 0 Å². The lowest BCUT2D eigenvalue weighted by molar-refractivity contribution is 0.0692. The Morgan fingerprint density at radius 1 is 1.19 bits per heavy atom. The van der Waals surface area contributed by atoms with Gasteiger partial charge in [-0.05, 0) is 31.5 Å². The Hall–Kier alpha value is -3.35. The molecule has 3 N–H and O–H groups in total. The summed E-state index contributed by atoms with van der Waals surface area (Å²) in [6.07, 6.45) is 2.30. The Balaban J connectivity index is 2.27. The lowest BCUT2D eigenvalue weighted by atomic mass is 9.96. The molecule has 0 aliphatic rings. The smallest absolute Gasteiger partial charge is 0.338 e. The van der Waals surface area contributed by atoms with Crippen LogP contribution in [-0.2, 0) is 6.42 Å². The number of halogens is 1. The molecule has 3 rings (SSSR count). The van der Waals surface area contributed by atoms with Gasteiger partial charge in [-0.2, -0.15) is 0 Å². The highest BCUT2D eigenvalue weighted by atomic mass is 19.1. The second-order valence-corrected chi connectivity index (χ2v) is 5.79. The van der Waals surface area contributed by atoms with Crippen LogP contribution >= 0.6 is 0 Å². The Kier molecular flexibility index (Phi) is 4.62. The van der Waals surface area contributed by atoms with Gasteiger partial charge in [0.2, 0.25) is 5.95 Å². The molecular weight excluding hydrogens is 335 g/mol. The number of pyridine rings is 1. The Morgan fingerprint density at radius 3 is 2.50 bits per heavy atom. The van der Waals surface area contributed by atoms with E-state index in [4.69, 9.17) is 10.8 Å². The largest absolute Gasteiger partial charge is 0.478 e. The molecule has 26 heavy (non-hydrogen) atoms. The van der Waals surface area contributed by atoms with Gasteiger partial charge in [-0.1, -0.05) is 19.1 Å². The van der Waals surface area contributed by atoms with E-state index in [-0.39, 0.29) is 5.95 Å². The molecule has 132 valence electrons. The highest BCUT2D eigenvalue weighted by Gasteiger charge is 2.19. The third kappa shape index (κ3) is 3.23. The Labute approximate surface area is 149 Å². The van der Waals surface area contributed by atoms with Crippen LogP contribution in [0.25, 0.3) is 22.4 Å². The number of anilines is 1. The SMILES string of the molecule is CCc1nc(N)nc(-c2ccc(C(=O)O)c(F)c2)c1-c1ccc(C)nc1. The molecular formula is C19H17FN4O2. The van der Waals surface area contributed by atoms with Crippen molar-refractivity contribution in [2.45, 2.75) is 20.3 Å². The lowest BCUT2D eigenvalue weighted by Crippen LogP contribution is -2.06. The number of nitrogens with zero attached hydrogens (tertiary/aromatic N) is 3. The van der Waals surface area contributed by atoms with Crippen molar-refractivity contribution in [2.75, 3.05) is 5.73 Å². The van der Waals surface area contributed by atoms with Crippen LogP contribution in [0.5, 0.6) is 0 Å². The van der Waals surface area contributed by atoms with Gasteiger partial charge in [0.05, 0.1) is 17.0 Å². The van der Waals surface area contributed by atoms with E-state index in [9.17, 15) is 9.18 Å². The second kappa shape index (κ2) is 6.87. The summed E-state index contributed by atoms with van der Waals surface area (Å²) in [5, 5.41) is 9.02. The van der Waals surface area contributed by atoms with E-state index < -0.39 is 17.3 Å². The van der Waals surface area contributed by atoms with Crippen molar-refractivity contribution in [1.29, 1.82) is 0 Å². The van der Waals surface area contributed by atoms with Gasteiger partial charge in [0.1, 0.15) is 5.82 Å². The summed E-state index contributed by atoms with van der Waals surface area (Å²) < 4.78 is 14.2. The molecule has 0 radical (unpaired) electrons. The first kappa shape index (κ1) is 17.5. The summed E-state index contributed by atoms with van der Waals surface area (Å²) in [5.74, 6) is -2.09. The molecule has 0 atom stereocenters. The van der Waals surface area contributed by atoms with Gasteiger partial charge in [-0.3, -0.25) is 4.98 Å². The van der Waals surface area contributed by atoms with Gasteiger partial charge in [-0.15, -0.1) is 0 Å². The molecule has 0 amide bonds. The third-order valence-corrected chi connectivity index (χ3v) is 4.01. The van der Waals surface area contributed by atoms with Crippen LogP contribution in [0.4, 0.5) is 10.3 Å². The van der Waals surface area contributed by atoms with E-state index in [1.807, 2.05) is 26.0 Å². The second-order valence-electron chi connectivity index (χ2n) is 5.79. The number of rotatable bonds is 4. The molecule has 0 aliphatic heterocycles. The summed E-state index contributed by atoms with van der Waals surface area (Å²) in [6, 6.07) is 7.63. The average molecular weight is 352 g/mol. The first-order valence-corrected chi connectivity index (χ1v) is 8.03. The Bertz CT molecular complexity index is 988. The minimum Gasteiger partial charge on any atom is -0.478 e. The molecule has 1 aromatic carbocycles. The Morgan fingerprint density at radius 2 is 1.92 bits per heavy atom. The number of nitrogen functional groups attached to an aromatic ring is 1. The molecule has 0 bridgehead atoms. The number of hydrogen-bond donors (Lipinski definition) is 2. The zero-order valence-electron chi connectivity index (χ0n) is 14.3. The first-order valence-electron chi connectivity index (χ1n) is 8.03. The molecule has 6 nitrogen and oxygen atoms in total. The number of aromatic carboxylic acids is 1. The van der Waals surface area contributed by atoms with Gasteiger partial charge in [0, 0.05) is 28.6 Å². The number of carbonyl (C=O) groups is 1. The molecule has 0 fully saturated rings. The molecule has 0 unspecified atom stereocenters. The maximum absolute atomic E-state index is 14.2. The fourth-order valence-electron chi connectivity index (χ4n) is 2.75. The van der Waals surface area contributed by atoms with Crippen molar-refractivity contribution >= 4 is 11.9 Å². The minimum absolute atomic E-state index is 0.0726. The van der Waals surface area contributed by atoms with E-state index >= 15 is 0 Å². The van der Waals surface area contributed by atoms with Crippen LogP contribution in [0.3, 0.4) is 0 Å². The topological polar surface area (TPSA) is 102 Å². The molecule has 3 aromatic rings. The molecule has 0 saturated heterocycles. The third-order valence-electron chi connectivity index (χ3n) is 4.01. The summed E-state index contributed by atoms with van der Waals surface area (Å²) in [7, 11) is 0. The van der Waals surface area contributed by atoms with Crippen molar-refractivity contribution in [3.05, 3.63) is 59.3 Å². The zero-order valence-corrected chi connectivity index (χ0v) is 14.3. The van der Waals surface area contributed by atoms with Crippen molar-refractivity contribution in [3.8, 4) is 22.4 Å². The number of benzene rings is 1. The highest BCUT2D eigenvalue weighted by molar-refractivity contribution is 5.89. The highest BCUT2D eigenvalue weighted by Crippen LogP contribution is 2.34. The maximum atomic E-state index is 14.2.